The van der Waals surface area contributed by atoms with Crippen LogP contribution in [0, 0.1) is 10.1 Å². The van der Waals surface area contributed by atoms with Gasteiger partial charge in [0.15, 0.2) is 0 Å². The van der Waals surface area contributed by atoms with Crippen molar-refractivity contribution in [3.8, 4) is 11.3 Å². The van der Waals surface area contributed by atoms with Crippen molar-refractivity contribution in [1.82, 2.24) is 0 Å². The number of nitrogen functional groups attached to an aromatic ring is 1. The van der Waals surface area contributed by atoms with Gasteiger partial charge in [-0.15, -0.1) is 0 Å². The first kappa shape index (κ1) is 15.1. The second-order valence-corrected chi connectivity index (χ2v) is 6.03. The Morgan fingerprint density at radius 2 is 1.64 bits per heavy atom. The van der Waals surface area contributed by atoms with E-state index in [1.54, 1.807) is 12.1 Å². The Balaban J connectivity index is 2.12. The molecule has 2 N–H and O–H groups in total. The van der Waals surface area contributed by atoms with Gasteiger partial charge in [-0.3, -0.25) is 10.1 Å². The number of benzene rings is 3. The second kappa shape index (κ2) is 5.56. The lowest BCUT2D eigenvalue weighted by Gasteiger charge is -2.10. The van der Waals surface area contributed by atoms with Gasteiger partial charge in [0.25, 0.3) is 5.69 Å². The van der Waals surface area contributed by atoms with E-state index in [0.29, 0.717) is 5.69 Å². The van der Waals surface area contributed by atoms with E-state index >= 15 is 0 Å². The lowest BCUT2D eigenvalue weighted by molar-refractivity contribution is -0.632. The first-order valence-corrected chi connectivity index (χ1v) is 7.91. The van der Waals surface area contributed by atoms with Crippen LogP contribution in [0.15, 0.2) is 66.7 Å². The van der Waals surface area contributed by atoms with E-state index in [-0.39, 0.29) is 10.6 Å². The number of nitro groups is 1. The molecule has 122 valence electrons. The predicted molar refractivity (Wildman–Crippen MR) is 99.1 cm³/mol. The van der Waals surface area contributed by atoms with Gasteiger partial charge >= 0.3 is 0 Å². The van der Waals surface area contributed by atoms with Crippen LogP contribution in [-0.4, -0.2) is 4.92 Å². The van der Waals surface area contributed by atoms with Crippen LogP contribution in [0.2, 0.25) is 0 Å². The molecule has 0 amide bonds. The van der Waals surface area contributed by atoms with Gasteiger partial charge in [0, 0.05) is 34.8 Å². The summed E-state index contributed by atoms with van der Waals surface area (Å²) in [6, 6.07) is 20.7. The molecule has 5 heteroatoms. The van der Waals surface area contributed by atoms with Crippen LogP contribution in [-0.2, 0) is 7.05 Å². The molecule has 4 aromatic rings. The fourth-order valence-corrected chi connectivity index (χ4v) is 3.38. The first-order valence-electron chi connectivity index (χ1n) is 7.91. The minimum atomic E-state index is -0.389. The monoisotopic (exact) mass is 330 g/mol. The zero-order valence-electron chi connectivity index (χ0n) is 13.6. The summed E-state index contributed by atoms with van der Waals surface area (Å²) in [5.74, 6) is 0. The molecule has 0 saturated heterocycles. The lowest BCUT2D eigenvalue weighted by atomic mass is 9.98. The minimum absolute atomic E-state index is 0.0796. The molecule has 1 heterocycles. The SMILES string of the molecule is C[n+]1c(-c2ccc([N+](=O)[O-])cc2)c2cc(N)ccc2c2ccccc21. The normalized spacial score (nSPS) is 11.1. The highest BCUT2D eigenvalue weighted by Gasteiger charge is 2.21. The maximum atomic E-state index is 10.9. The molecule has 3 aromatic carbocycles. The zero-order valence-corrected chi connectivity index (χ0v) is 13.6. The molecule has 0 saturated carbocycles. The van der Waals surface area contributed by atoms with Gasteiger partial charge in [-0.2, -0.15) is 4.57 Å². The van der Waals surface area contributed by atoms with E-state index in [0.717, 1.165) is 32.9 Å². The molecule has 0 aliphatic carbocycles. The minimum Gasteiger partial charge on any atom is -0.399 e. The van der Waals surface area contributed by atoms with Crippen LogP contribution in [0.5, 0.6) is 0 Å². The predicted octanol–water partition coefficient (Wildman–Crippen LogP) is 3.97. The fourth-order valence-electron chi connectivity index (χ4n) is 3.38. The average Bonchev–Trinajstić information content (AvgIpc) is 2.62. The van der Waals surface area contributed by atoms with Gasteiger partial charge in [0.05, 0.1) is 15.7 Å². The number of nitrogens with two attached hydrogens (primary N) is 1. The molecule has 0 aliphatic heterocycles. The molecule has 5 nitrogen and oxygen atoms in total. The van der Waals surface area contributed by atoms with Crippen molar-refractivity contribution in [2.45, 2.75) is 0 Å². The molecule has 0 radical (unpaired) electrons. The third kappa shape index (κ3) is 2.37. The molecule has 0 atom stereocenters. The van der Waals surface area contributed by atoms with Gasteiger partial charge in [0.2, 0.25) is 11.2 Å². The number of para-hydroxylation sites is 1. The Morgan fingerprint density at radius 1 is 0.920 bits per heavy atom. The van der Waals surface area contributed by atoms with Gasteiger partial charge in [-0.1, -0.05) is 18.2 Å². The Morgan fingerprint density at radius 3 is 2.36 bits per heavy atom. The molecule has 0 aliphatic rings. The van der Waals surface area contributed by atoms with Crippen LogP contribution in [0.25, 0.3) is 32.9 Å². The highest BCUT2D eigenvalue weighted by Crippen LogP contribution is 2.32. The van der Waals surface area contributed by atoms with Crippen molar-refractivity contribution in [1.29, 1.82) is 0 Å². The van der Waals surface area contributed by atoms with E-state index in [1.165, 1.54) is 12.1 Å². The number of hydrogen-bond acceptors (Lipinski definition) is 3. The summed E-state index contributed by atoms with van der Waals surface area (Å²) in [5, 5.41) is 14.2. The number of nitro benzene ring substituents is 1. The summed E-state index contributed by atoms with van der Waals surface area (Å²) in [6.07, 6.45) is 0. The number of aromatic nitrogens is 1. The molecule has 0 fully saturated rings. The van der Waals surface area contributed by atoms with Crippen molar-refractivity contribution < 1.29 is 9.49 Å². The van der Waals surface area contributed by atoms with Crippen molar-refractivity contribution in [3.63, 3.8) is 0 Å². The van der Waals surface area contributed by atoms with Gasteiger partial charge in [-0.05, 0) is 30.3 Å². The first-order chi connectivity index (χ1) is 12.1. The lowest BCUT2D eigenvalue weighted by Crippen LogP contribution is -2.32. The van der Waals surface area contributed by atoms with Crippen molar-refractivity contribution in [2.75, 3.05) is 5.73 Å². The maximum Gasteiger partial charge on any atom is 0.269 e. The highest BCUT2D eigenvalue weighted by molar-refractivity contribution is 6.09. The summed E-state index contributed by atoms with van der Waals surface area (Å²) in [4.78, 5) is 10.5. The third-order valence-corrected chi connectivity index (χ3v) is 4.54. The van der Waals surface area contributed by atoms with Crippen LogP contribution in [0.1, 0.15) is 0 Å². The van der Waals surface area contributed by atoms with Crippen LogP contribution in [0.3, 0.4) is 0 Å². The van der Waals surface area contributed by atoms with Crippen molar-refractivity contribution >= 4 is 33.1 Å². The van der Waals surface area contributed by atoms with Crippen molar-refractivity contribution in [2.24, 2.45) is 7.05 Å². The molecule has 0 spiro atoms. The van der Waals surface area contributed by atoms with Crippen molar-refractivity contribution in [3.05, 3.63) is 76.8 Å². The Hall–Kier alpha value is -3.47. The summed E-state index contributed by atoms with van der Waals surface area (Å²) in [6.45, 7) is 0. The summed E-state index contributed by atoms with van der Waals surface area (Å²) >= 11 is 0. The Bertz CT molecular complexity index is 1140. The van der Waals surface area contributed by atoms with Crippen LogP contribution >= 0.6 is 0 Å². The average molecular weight is 330 g/mol. The number of aryl methyl sites for hydroxylation is 1. The molecule has 0 unspecified atom stereocenters. The molecule has 1 aromatic heterocycles. The number of pyridine rings is 1. The summed E-state index contributed by atoms with van der Waals surface area (Å²) in [5.41, 5.74) is 9.78. The molecular weight excluding hydrogens is 314 g/mol. The van der Waals surface area contributed by atoms with Gasteiger partial charge < -0.3 is 5.73 Å². The Labute approximate surface area is 144 Å². The smallest absolute Gasteiger partial charge is 0.269 e. The summed E-state index contributed by atoms with van der Waals surface area (Å²) < 4.78 is 2.11. The molecule has 25 heavy (non-hydrogen) atoms. The maximum absolute atomic E-state index is 10.9. The van der Waals surface area contributed by atoms with E-state index in [2.05, 4.69) is 16.7 Å². The number of hydrogen-bond donors (Lipinski definition) is 1. The number of anilines is 1. The second-order valence-electron chi connectivity index (χ2n) is 6.03. The van der Waals surface area contributed by atoms with Crippen LogP contribution < -0.4 is 10.3 Å². The van der Waals surface area contributed by atoms with E-state index in [9.17, 15) is 10.1 Å². The number of non-ortho nitro benzene ring substituents is 1. The zero-order chi connectivity index (χ0) is 17.6. The van der Waals surface area contributed by atoms with E-state index in [4.69, 9.17) is 5.73 Å². The topological polar surface area (TPSA) is 73.0 Å². The Kier molecular flexibility index (Phi) is 3.35. The number of fused-ring (bicyclic) bond motifs is 3. The van der Waals surface area contributed by atoms with Gasteiger partial charge in [0.1, 0.15) is 7.05 Å². The van der Waals surface area contributed by atoms with E-state index in [1.807, 2.05) is 37.4 Å². The number of rotatable bonds is 2. The van der Waals surface area contributed by atoms with Crippen LogP contribution in [0.4, 0.5) is 11.4 Å². The molecule has 4 rings (SSSR count). The molecular formula is C20H16N3O2+. The fraction of sp³-hybridized carbons (Fsp3) is 0.0500. The number of nitrogens with zero attached hydrogens (tertiary/aromatic N) is 2. The quantitative estimate of drug-likeness (QED) is 0.199. The van der Waals surface area contributed by atoms with E-state index < -0.39 is 0 Å². The third-order valence-electron chi connectivity index (χ3n) is 4.54. The highest BCUT2D eigenvalue weighted by atomic mass is 16.6. The van der Waals surface area contributed by atoms with Gasteiger partial charge in [-0.25, -0.2) is 0 Å². The standard InChI is InChI=1S/C20H16N3O2/c1-22-19-5-3-2-4-17(19)16-11-8-14(21)12-18(16)20(22)13-6-9-15(10-7-13)23(24)25/h2-12H,21H2,1H3/q+1. The molecule has 0 bridgehead atoms. The summed E-state index contributed by atoms with van der Waals surface area (Å²) in [7, 11) is 2.00. The largest absolute Gasteiger partial charge is 0.399 e.